The maximum Gasteiger partial charge on any atom is 0.244 e. The molecular formula is C15H17NO2S2. The minimum Gasteiger partial charge on any atom is -0.494 e. The maximum absolute atomic E-state index is 11.9. The van der Waals surface area contributed by atoms with Gasteiger partial charge in [-0.2, -0.15) is 0 Å². The van der Waals surface area contributed by atoms with Crippen LogP contribution in [-0.4, -0.2) is 21.9 Å². The van der Waals surface area contributed by atoms with E-state index >= 15 is 0 Å². The van der Waals surface area contributed by atoms with Crippen LogP contribution < -0.4 is 4.74 Å². The molecule has 5 heteroatoms. The van der Waals surface area contributed by atoms with Gasteiger partial charge in [-0.15, -0.1) is 0 Å². The van der Waals surface area contributed by atoms with Crippen molar-refractivity contribution in [2.75, 3.05) is 12.4 Å². The molecule has 0 atom stereocenters. The highest BCUT2D eigenvalue weighted by atomic mass is 32.2. The van der Waals surface area contributed by atoms with Gasteiger partial charge in [-0.25, -0.2) is 4.99 Å². The Morgan fingerprint density at radius 1 is 1.40 bits per heavy atom. The largest absolute Gasteiger partial charge is 0.494 e. The normalized spacial score (nSPS) is 16.6. The van der Waals surface area contributed by atoms with Crippen LogP contribution in [0.5, 0.6) is 5.75 Å². The predicted molar refractivity (Wildman–Crippen MR) is 88.5 cm³/mol. The Kier molecular flexibility index (Phi) is 5.31. The molecule has 1 aromatic carbocycles. The molecule has 1 aliphatic heterocycles. The highest BCUT2D eigenvalue weighted by Gasteiger charge is 2.21. The summed E-state index contributed by atoms with van der Waals surface area (Å²) in [4.78, 5) is 16.2. The molecule has 0 aliphatic carbocycles. The van der Waals surface area contributed by atoms with E-state index in [2.05, 4.69) is 11.9 Å². The molecule has 0 N–H and O–H groups in total. The van der Waals surface area contributed by atoms with E-state index < -0.39 is 0 Å². The molecule has 0 fully saturated rings. The van der Waals surface area contributed by atoms with Crippen molar-refractivity contribution in [3.8, 4) is 5.75 Å². The number of benzene rings is 1. The molecule has 0 unspecified atom stereocenters. The van der Waals surface area contributed by atoms with Gasteiger partial charge in [0.2, 0.25) is 5.12 Å². The predicted octanol–water partition coefficient (Wildman–Crippen LogP) is 4.12. The van der Waals surface area contributed by atoms with E-state index in [9.17, 15) is 4.79 Å². The number of carbonyl (C=O) groups is 1. The monoisotopic (exact) mass is 307 g/mol. The molecule has 3 nitrogen and oxygen atoms in total. The highest BCUT2D eigenvalue weighted by Crippen LogP contribution is 2.31. The topological polar surface area (TPSA) is 38.7 Å². The van der Waals surface area contributed by atoms with Gasteiger partial charge in [0.25, 0.3) is 0 Å². The van der Waals surface area contributed by atoms with Crippen molar-refractivity contribution in [2.45, 2.75) is 20.8 Å². The van der Waals surface area contributed by atoms with Crippen LogP contribution in [0.1, 0.15) is 25.0 Å². The molecular weight excluding hydrogens is 290 g/mol. The van der Waals surface area contributed by atoms with Crippen molar-refractivity contribution < 1.29 is 9.53 Å². The average Bonchev–Trinajstić information content (AvgIpc) is 2.74. The molecule has 0 saturated heterocycles. The van der Waals surface area contributed by atoms with Gasteiger partial charge in [0.1, 0.15) is 15.8 Å². The summed E-state index contributed by atoms with van der Waals surface area (Å²) >= 11 is 2.81. The lowest BCUT2D eigenvalue weighted by Gasteiger charge is -2.07. The first-order valence-corrected chi connectivity index (χ1v) is 8.33. The molecule has 1 aromatic rings. The number of ether oxygens (including phenoxy) is 1. The van der Waals surface area contributed by atoms with Crippen LogP contribution >= 0.6 is 23.5 Å². The van der Waals surface area contributed by atoms with Gasteiger partial charge in [0.15, 0.2) is 0 Å². The molecule has 0 amide bonds. The average molecular weight is 307 g/mol. The first-order chi connectivity index (χ1) is 9.63. The third-order valence-electron chi connectivity index (χ3n) is 2.67. The van der Waals surface area contributed by atoms with Gasteiger partial charge >= 0.3 is 0 Å². The molecule has 0 radical (unpaired) electrons. The van der Waals surface area contributed by atoms with Crippen molar-refractivity contribution in [2.24, 2.45) is 4.99 Å². The Hall–Kier alpha value is -1.20. The molecule has 0 aromatic heterocycles. The molecule has 0 spiro atoms. The summed E-state index contributed by atoms with van der Waals surface area (Å²) in [6.45, 7) is 6.67. The minimum atomic E-state index is 0.0208. The van der Waals surface area contributed by atoms with E-state index in [-0.39, 0.29) is 5.12 Å². The SMILES string of the molecule is CCOc1ccc(/C=C2\N=C(SCC)SC2=O)cc1C. The minimum absolute atomic E-state index is 0.0208. The van der Waals surface area contributed by atoms with Crippen LogP contribution in [0.4, 0.5) is 0 Å². The van der Waals surface area contributed by atoms with Gasteiger partial charge in [-0.3, -0.25) is 4.79 Å². The Morgan fingerprint density at radius 3 is 2.85 bits per heavy atom. The van der Waals surface area contributed by atoms with E-state index in [0.717, 1.165) is 27.0 Å². The maximum atomic E-state index is 11.9. The Labute approximate surface area is 127 Å². The zero-order valence-corrected chi connectivity index (χ0v) is 13.4. The number of nitrogens with zero attached hydrogens (tertiary/aromatic N) is 1. The zero-order valence-electron chi connectivity index (χ0n) is 11.8. The van der Waals surface area contributed by atoms with Crippen LogP contribution in [-0.2, 0) is 4.79 Å². The standard InChI is InChI=1S/C15H17NO2S2/c1-4-18-13-7-6-11(8-10(13)3)9-12-14(17)20-15(16-12)19-5-2/h6-9H,4-5H2,1-3H3/b12-9-. The van der Waals surface area contributed by atoms with Crippen molar-refractivity contribution >= 4 is 39.1 Å². The summed E-state index contributed by atoms with van der Waals surface area (Å²) in [5.41, 5.74) is 2.56. The molecule has 2 rings (SSSR count). The summed E-state index contributed by atoms with van der Waals surface area (Å²) in [7, 11) is 0. The summed E-state index contributed by atoms with van der Waals surface area (Å²) in [6, 6.07) is 5.89. The third-order valence-corrected chi connectivity index (χ3v) is 4.56. The molecule has 20 heavy (non-hydrogen) atoms. The Morgan fingerprint density at radius 2 is 2.20 bits per heavy atom. The van der Waals surface area contributed by atoms with Crippen molar-refractivity contribution in [1.29, 1.82) is 0 Å². The van der Waals surface area contributed by atoms with E-state index in [0.29, 0.717) is 12.3 Å². The molecule has 0 bridgehead atoms. The zero-order chi connectivity index (χ0) is 14.5. The molecule has 1 heterocycles. The summed E-state index contributed by atoms with van der Waals surface area (Å²) in [6.07, 6.45) is 1.83. The number of hydrogen-bond donors (Lipinski definition) is 0. The van der Waals surface area contributed by atoms with Gasteiger partial charge in [-0.05, 0) is 60.7 Å². The molecule has 1 aliphatic rings. The lowest BCUT2D eigenvalue weighted by molar-refractivity contribution is -0.107. The molecule has 106 valence electrons. The summed E-state index contributed by atoms with van der Waals surface area (Å²) in [5.74, 6) is 1.81. The first kappa shape index (κ1) is 15.2. The second kappa shape index (κ2) is 6.99. The van der Waals surface area contributed by atoms with Crippen molar-refractivity contribution in [3.63, 3.8) is 0 Å². The number of hydrogen-bond acceptors (Lipinski definition) is 5. The fourth-order valence-corrected chi connectivity index (χ4v) is 3.55. The quantitative estimate of drug-likeness (QED) is 0.784. The van der Waals surface area contributed by atoms with Crippen molar-refractivity contribution in [1.82, 2.24) is 0 Å². The van der Waals surface area contributed by atoms with Crippen LogP contribution in [0.15, 0.2) is 28.9 Å². The number of aliphatic imine (C=N–C) groups is 1. The van der Waals surface area contributed by atoms with Crippen LogP contribution in [0, 0.1) is 6.92 Å². The lowest BCUT2D eigenvalue weighted by Crippen LogP contribution is -1.94. The fourth-order valence-electron chi connectivity index (χ4n) is 1.81. The summed E-state index contributed by atoms with van der Waals surface area (Å²) in [5, 5.41) is 0.0208. The van der Waals surface area contributed by atoms with Gasteiger partial charge in [0, 0.05) is 0 Å². The van der Waals surface area contributed by atoms with E-state index in [4.69, 9.17) is 4.74 Å². The lowest BCUT2D eigenvalue weighted by atomic mass is 10.1. The number of carbonyl (C=O) groups excluding carboxylic acids is 1. The van der Waals surface area contributed by atoms with Crippen LogP contribution in [0.2, 0.25) is 0 Å². The second-order valence-electron chi connectivity index (χ2n) is 4.19. The summed E-state index contributed by atoms with van der Waals surface area (Å²) < 4.78 is 6.35. The van der Waals surface area contributed by atoms with Gasteiger partial charge in [0.05, 0.1) is 6.61 Å². The van der Waals surface area contributed by atoms with E-state index in [1.807, 2.05) is 38.1 Å². The second-order valence-corrected chi connectivity index (χ2v) is 6.66. The van der Waals surface area contributed by atoms with E-state index in [1.165, 1.54) is 11.8 Å². The molecule has 0 saturated carbocycles. The first-order valence-electron chi connectivity index (χ1n) is 6.52. The highest BCUT2D eigenvalue weighted by molar-refractivity contribution is 8.45. The fraction of sp³-hybridized carbons (Fsp3) is 0.333. The smallest absolute Gasteiger partial charge is 0.244 e. The van der Waals surface area contributed by atoms with Crippen LogP contribution in [0.3, 0.4) is 0 Å². The van der Waals surface area contributed by atoms with E-state index in [1.54, 1.807) is 11.8 Å². The number of aryl methyl sites for hydroxylation is 1. The Bertz CT molecular complexity index is 579. The Balaban J connectivity index is 2.22. The van der Waals surface area contributed by atoms with Crippen LogP contribution in [0.25, 0.3) is 6.08 Å². The van der Waals surface area contributed by atoms with Gasteiger partial charge in [-0.1, -0.05) is 24.8 Å². The third kappa shape index (κ3) is 3.67. The van der Waals surface area contributed by atoms with Gasteiger partial charge < -0.3 is 4.74 Å². The number of rotatable bonds is 4. The van der Waals surface area contributed by atoms with Crippen molar-refractivity contribution in [3.05, 3.63) is 35.0 Å². The number of thioether (sulfide) groups is 2.